The van der Waals surface area contributed by atoms with Crippen molar-refractivity contribution in [2.24, 2.45) is 7.05 Å². The molecule has 1 atom stereocenters. The molecule has 0 aliphatic rings. The maximum Gasteiger partial charge on any atom is 0.244 e. The van der Waals surface area contributed by atoms with Crippen LogP contribution in [0.1, 0.15) is 31.0 Å². The van der Waals surface area contributed by atoms with E-state index in [0.717, 1.165) is 16.9 Å². The summed E-state index contributed by atoms with van der Waals surface area (Å²) in [5.74, 6) is 0.700. The maximum atomic E-state index is 11.9. The highest BCUT2D eigenvalue weighted by atomic mass is 16.5. The number of hydrogen-bond donors (Lipinski definition) is 1. The molecular formula is C17H21N3O2. The Labute approximate surface area is 130 Å². The molecule has 0 spiro atoms. The SMILES string of the molecule is CCOc1ccc([C@H](C)NC(=O)/C=C/c2cnn(C)c2)cc1. The van der Waals surface area contributed by atoms with Crippen molar-refractivity contribution >= 4 is 12.0 Å². The van der Waals surface area contributed by atoms with Gasteiger partial charge in [0.2, 0.25) is 5.91 Å². The number of nitrogens with one attached hydrogen (secondary N) is 1. The second kappa shape index (κ2) is 7.45. The lowest BCUT2D eigenvalue weighted by Crippen LogP contribution is -2.24. The highest BCUT2D eigenvalue weighted by molar-refractivity contribution is 5.91. The van der Waals surface area contributed by atoms with Crippen molar-refractivity contribution in [1.29, 1.82) is 0 Å². The van der Waals surface area contributed by atoms with Crippen LogP contribution in [0.5, 0.6) is 5.75 Å². The van der Waals surface area contributed by atoms with Gasteiger partial charge in [0.05, 0.1) is 18.8 Å². The molecule has 0 radical (unpaired) electrons. The monoisotopic (exact) mass is 299 g/mol. The van der Waals surface area contributed by atoms with E-state index in [2.05, 4.69) is 10.4 Å². The molecule has 0 aliphatic carbocycles. The second-order valence-corrected chi connectivity index (χ2v) is 5.01. The largest absolute Gasteiger partial charge is 0.494 e. The van der Waals surface area contributed by atoms with Crippen molar-refractivity contribution in [1.82, 2.24) is 15.1 Å². The number of amides is 1. The van der Waals surface area contributed by atoms with Gasteiger partial charge in [-0.2, -0.15) is 5.10 Å². The quantitative estimate of drug-likeness (QED) is 0.834. The lowest BCUT2D eigenvalue weighted by Gasteiger charge is -2.13. The van der Waals surface area contributed by atoms with Crippen LogP contribution in [-0.2, 0) is 11.8 Å². The van der Waals surface area contributed by atoms with Gasteiger partial charge in [-0.1, -0.05) is 12.1 Å². The topological polar surface area (TPSA) is 56.1 Å². The molecule has 5 nitrogen and oxygen atoms in total. The van der Waals surface area contributed by atoms with Gasteiger partial charge < -0.3 is 10.1 Å². The molecule has 0 unspecified atom stereocenters. The average molecular weight is 299 g/mol. The van der Waals surface area contributed by atoms with Gasteiger partial charge in [0.15, 0.2) is 0 Å². The third-order valence-corrected chi connectivity index (χ3v) is 3.20. The number of benzene rings is 1. The van der Waals surface area contributed by atoms with E-state index in [1.807, 2.05) is 51.4 Å². The second-order valence-electron chi connectivity index (χ2n) is 5.01. The summed E-state index contributed by atoms with van der Waals surface area (Å²) in [6.45, 7) is 4.54. The van der Waals surface area contributed by atoms with E-state index in [1.165, 1.54) is 6.08 Å². The van der Waals surface area contributed by atoms with Crippen LogP contribution in [0.4, 0.5) is 0 Å². The molecule has 22 heavy (non-hydrogen) atoms. The fourth-order valence-electron chi connectivity index (χ4n) is 2.06. The summed E-state index contributed by atoms with van der Waals surface area (Å²) in [6, 6.07) is 7.67. The average Bonchev–Trinajstić information content (AvgIpc) is 2.92. The van der Waals surface area contributed by atoms with Crippen molar-refractivity contribution in [3.05, 3.63) is 53.9 Å². The molecule has 1 amide bonds. The van der Waals surface area contributed by atoms with Crippen molar-refractivity contribution < 1.29 is 9.53 Å². The number of carbonyl (C=O) groups excluding carboxylic acids is 1. The third-order valence-electron chi connectivity index (χ3n) is 3.20. The fourth-order valence-corrected chi connectivity index (χ4v) is 2.06. The van der Waals surface area contributed by atoms with Crippen molar-refractivity contribution in [2.45, 2.75) is 19.9 Å². The molecule has 0 fully saturated rings. The molecule has 1 N–H and O–H groups in total. The van der Waals surface area contributed by atoms with Crippen LogP contribution in [0.15, 0.2) is 42.7 Å². The first-order chi connectivity index (χ1) is 10.6. The Morgan fingerprint density at radius 3 is 2.73 bits per heavy atom. The van der Waals surface area contributed by atoms with Crippen LogP contribution in [-0.4, -0.2) is 22.3 Å². The van der Waals surface area contributed by atoms with Crippen LogP contribution < -0.4 is 10.1 Å². The molecule has 2 rings (SSSR count). The highest BCUT2D eigenvalue weighted by Crippen LogP contribution is 2.17. The molecular weight excluding hydrogens is 278 g/mol. The number of aromatic nitrogens is 2. The Morgan fingerprint density at radius 2 is 2.14 bits per heavy atom. The first-order valence-corrected chi connectivity index (χ1v) is 7.28. The smallest absolute Gasteiger partial charge is 0.244 e. The minimum Gasteiger partial charge on any atom is -0.494 e. The molecule has 0 bridgehead atoms. The van der Waals surface area contributed by atoms with E-state index in [-0.39, 0.29) is 11.9 Å². The number of carbonyl (C=O) groups is 1. The Balaban J connectivity index is 1.91. The molecule has 0 saturated carbocycles. The summed E-state index contributed by atoms with van der Waals surface area (Å²) in [5, 5.41) is 6.98. The zero-order chi connectivity index (χ0) is 15.9. The van der Waals surface area contributed by atoms with Gasteiger partial charge >= 0.3 is 0 Å². The standard InChI is InChI=1S/C17H21N3O2/c1-4-22-16-8-6-15(7-9-16)13(2)19-17(21)10-5-14-11-18-20(3)12-14/h5-13H,4H2,1-3H3,(H,19,21)/b10-5+/t13-/m0/s1. The molecule has 0 saturated heterocycles. The van der Waals surface area contributed by atoms with Gasteiger partial charge in [-0.3, -0.25) is 9.48 Å². The molecule has 1 aromatic carbocycles. The fraction of sp³-hybridized carbons (Fsp3) is 0.294. The predicted octanol–water partition coefficient (Wildman–Crippen LogP) is 2.71. The van der Waals surface area contributed by atoms with Gasteiger partial charge in [0.25, 0.3) is 0 Å². The Hall–Kier alpha value is -2.56. The zero-order valence-corrected chi connectivity index (χ0v) is 13.1. The third kappa shape index (κ3) is 4.48. The predicted molar refractivity (Wildman–Crippen MR) is 86.4 cm³/mol. The van der Waals surface area contributed by atoms with Gasteiger partial charge in [0.1, 0.15) is 5.75 Å². The van der Waals surface area contributed by atoms with E-state index < -0.39 is 0 Å². The van der Waals surface area contributed by atoms with Crippen molar-refractivity contribution in [3.8, 4) is 5.75 Å². The van der Waals surface area contributed by atoms with Crippen LogP contribution in [0, 0.1) is 0 Å². The van der Waals surface area contributed by atoms with Crippen molar-refractivity contribution in [3.63, 3.8) is 0 Å². The lowest BCUT2D eigenvalue weighted by molar-refractivity contribution is -0.117. The molecule has 5 heteroatoms. The summed E-state index contributed by atoms with van der Waals surface area (Å²) in [4.78, 5) is 11.9. The zero-order valence-electron chi connectivity index (χ0n) is 13.1. The summed E-state index contributed by atoms with van der Waals surface area (Å²) in [5.41, 5.74) is 1.93. The molecule has 1 heterocycles. The Morgan fingerprint density at radius 1 is 1.41 bits per heavy atom. The van der Waals surface area contributed by atoms with Crippen LogP contribution in [0.2, 0.25) is 0 Å². The number of rotatable bonds is 6. The number of hydrogen-bond acceptors (Lipinski definition) is 3. The molecule has 0 aliphatic heterocycles. The van der Waals surface area contributed by atoms with E-state index in [0.29, 0.717) is 6.61 Å². The van der Waals surface area contributed by atoms with Crippen LogP contribution >= 0.6 is 0 Å². The van der Waals surface area contributed by atoms with E-state index in [9.17, 15) is 4.79 Å². The molecule has 116 valence electrons. The normalized spacial score (nSPS) is 12.3. The van der Waals surface area contributed by atoms with Gasteiger partial charge in [0, 0.05) is 24.9 Å². The number of ether oxygens (including phenoxy) is 1. The van der Waals surface area contributed by atoms with Gasteiger partial charge in [-0.05, 0) is 37.6 Å². The highest BCUT2D eigenvalue weighted by Gasteiger charge is 2.07. The van der Waals surface area contributed by atoms with Gasteiger partial charge in [-0.15, -0.1) is 0 Å². The van der Waals surface area contributed by atoms with Gasteiger partial charge in [-0.25, -0.2) is 0 Å². The first kappa shape index (κ1) is 15.8. The molecule has 1 aromatic heterocycles. The molecule has 2 aromatic rings. The first-order valence-electron chi connectivity index (χ1n) is 7.28. The minimum atomic E-state index is -0.134. The van der Waals surface area contributed by atoms with E-state index in [1.54, 1.807) is 17.0 Å². The van der Waals surface area contributed by atoms with Crippen molar-refractivity contribution in [2.75, 3.05) is 6.61 Å². The van der Waals surface area contributed by atoms with Crippen LogP contribution in [0.3, 0.4) is 0 Å². The summed E-state index contributed by atoms with van der Waals surface area (Å²) in [7, 11) is 1.84. The summed E-state index contributed by atoms with van der Waals surface area (Å²) < 4.78 is 7.10. The Kier molecular flexibility index (Phi) is 5.36. The van der Waals surface area contributed by atoms with E-state index >= 15 is 0 Å². The maximum absolute atomic E-state index is 11.9. The number of nitrogens with zero attached hydrogens (tertiary/aromatic N) is 2. The minimum absolute atomic E-state index is 0.0678. The van der Waals surface area contributed by atoms with E-state index in [4.69, 9.17) is 4.74 Å². The number of aryl methyl sites for hydroxylation is 1. The lowest BCUT2D eigenvalue weighted by atomic mass is 10.1. The van der Waals surface area contributed by atoms with Crippen LogP contribution in [0.25, 0.3) is 6.08 Å². The summed E-state index contributed by atoms with van der Waals surface area (Å²) >= 11 is 0. The summed E-state index contributed by atoms with van der Waals surface area (Å²) in [6.07, 6.45) is 6.81. The Bertz CT molecular complexity index is 644.